The van der Waals surface area contributed by atoms with Crippen molar-refractivity contribution in [3.8, 4) is 22.7 Å². The fraction of sp³-hybridized carbons (Fsp3) is 0. The molecule has 0 bridgehead atoms. The average molecular weight is 281 g/mol. The maximum absolute atomic E-state index is 5.44. The highest BCUT2D eigenvalue weighted by Gasteiger charge is 2.16. The van der Waals surface area contributed by atoms with Gasteiger partial charge in [0.2, 0.25) is 11.3 Å². The zero-order valence-electron chi connectivity index (χ0n) is 10.1. The topological polar surface area (TPSA) is 77.6 Å². The molecule has 20 heavy (non-hydrogen) atoms. The SMILES string of the molecule is c1coc(-c2nc3nsnc3nc2-c2ccncc2)c1. The van der Waals surface area contributed by atoms with E-state index in [2.05, 4.69) is 23.7 Å². The summed E-state index contributed by atoms with van der Waals surface area (Å²) in [5.41, 5.74) is 3.34. The van der Waals surface area contributed by atoms with Gasteiger partial charge in [0.1, 0.15) is 11.4 Å². The lowest BCUT2D eigenvalue weighted by atomic mass is 10.1. The van der Waals surface area contributed by atoms with Crippen LogP contribution in [0.25, 0.3) is 34.0 Å². The molecule has 0 aromatic carbocycles. The number of rotatable bonds is 2. The summed E-state index contributed by atoms with van der Waals surface area (Å²) in [6.45, 7) is 0. The summed E-state index contributed by atoms with van der Waals surface area (Å²) in [5.74, 6) is 0.652. The van der Waals surface area contributed by atoms with Crippen LogP contribution in [0.3, 0.4) is 0 Å². The summed E-state index contributed by atoms with van der Waals surface area (Å²) < 4.78 is 13.7. The Labute approximate surface area is 117 Å². The van der Waals surface area contributed by atoms with Crippen LogP contribution in [0, 0.1) is 0 Å². The van der Waals surface area contributed by atoms with Crippen LogP contribution in [-0.2, 0) is 0 Å². The highest BCUT2D eigenvalue weighted by Crippen LogP contribution is 2.30. The van der Waals surface area contributed by atoms with Gasteiger partial charge < -0.3 is 4.42 Å². The lowest BCUT2D eigenvalue weighted by Gasteiger charge is -2.05. The minimum Gasteiger partial charge on any atom is -0.463 e. The van der Waals surface area contributed by atoms with Crippen molar-refractivity contribution in [2.45, 2.75) is 0 Å². The Hall–Kier alpha value is -2.67. The fourth-order valence-corrected chi connectivity index (χ4v) is 2.37. The molecule has 96 valence electrons. The number of hydrogen-bond acceptors (Lipinski definition) is 7. The Morgan fingerprint density at radius 1 is 0.900 bits per heavy atom. The number of fused-ring (bicyclic) bond motifs is 1. The van der Waals surface area contributed by atoms with Gasteiger partial charge in [-0.2, -0.15) is 8.75 Å². The van der Waals surface area contributed by atoms with Crippen LogP contribution in [0.15, 0.2) is 47.3 Å². The summed E-state index contributed by atoms with van der Waals surface area (Å²) in [6.07, 6.45) is 5.04. The van der Waals surface area contributed by atoms with Crippen molar-refractivity contribution in [2.75, 3.05) is 0 Å². The lowest BCUT2D eigenvalue weighted by molar-refractivity contribution is 0.580. The van der Waals surface area contributed by atoms with Gasteiger partial charge >= 0.3 is 0 Å². The van der Waals surface area contributed by atoms with E-state index in [4.69, 9.17) is 4.42 Å². The molecule has 0 aliphatic heterocycles. The summed E-state index contributed by atoms with van der Waals surface area (Å²) in [5, 5.41) is 0. The number of aromatic nitrogens is 5. The van der Waals surface area contributed by atoms with Gasteiger partial charge in [0.05, 0.1) is 18.0 Å². The minimum atomic E-state index is 0.527. The molecule has 4 heterocycles. The maximum Gasteiger partial charge on any atom is 0.213 e. The minimum absolute atomic E-state index is 0.527. The molecule has 4 aromatic rings. The van der Waals surface area contributed by atoms with Gasteiger partial charge in [-0.25, -0.2) is 9.97 Å². The van der Waals surface area contributed by atoms with E-state index in [1.807, 2.05) is 24.3 Å². The highest BCUT2D eigenvalue weighted by molar-refractivity contribution is 6.99. The molecule has 4 rings (SSSR count). The highest BCUT2D eigenvalue weighted by atomic mass is 32.1. The zero-order valence-corrected chi connectivity index (χ0v) is 10.9. The Balaban J connectivity index is 2.04. The fourth-order valence-electron chi connectivity index (χ4n) is 1.93. The average Bonchev–Trinajstić information content (AvgIpc) is 3.17. The predicted octanol–water partition coefficient (Wildman–Crippen LogP) is 2.80. The molecule has 4 aromatic heterocycles. The largest absolute Gasteiger partial charge is 0.463 e. The summed E-state index contributed by atoms with van der Waals surface area (Å²) in [4.78, 5) is 13.1. The van der Waals surface area contributed by atoms with Crippen molar-refractivity contribution in [1.82, 2.24) is 23.7 Å². The Morgan fingerprint density at radius 3 is 2.35 bits per heavy atom. The standard InChI is InChI=1S/C13H7N5OS/c1-2-9(19-7-1)11-10(8-3-5-14-6-4-8)15-12-13(16-11)18-20-17-12/h1-7H. The number of hydrogen-bond donors (Lipinski definition) is 0. The van der Waals surface area contributed by atoms with E-state index >= 15 is 0 Å². The third-order valence-corrected chi connectivity index (χ3v) is 3.33. The Kier molecular flexibility index (Phi) is 2.49. The van der Waals surface area contributed by atoms with Crippen molar-refractivity contribution < 1.29 is 4.42 Å². The maximum atomic E-state index is 5.44. The first-order chi connectivity index (χ1) is 9.92. The first-order valence-electron chi connectivity index (χ1n) is 5.86. The molecule has 0 saturated heterocycles. The predicted molar refractivity (Wildman–Crippen MR) is 73.9 cm³/mol. The normalized spacial score (nSPS) is 11.0. The van der Waals surface area contributed by atoms with Crippen molar-refractivity contribution in [1.29, 1.82) is 0 Å². The first-order valence-corrected chi connectivity index (χ1v) is 6.59. The second-order valence-electron chi connectivity index (χ2n) is 4.05. The van der Waals surface area contributed by atoms with Gasteiger partial charge in [-0.1, -0.05) is 0 Å². The van der Waals surface area contributed by atoms with E-state index in [1.165, 1.54) is 0 Å². The quantitative estimate of drug-likeness (QED) is 0.562. The molecule has 0 amide bonds. The molecule has 0 N–H and O–H groups in total. The van der Waals surface area contributed by atoms with Crippen LogP contribution >= 0.6 is 11.7 Å². The second-order valence-corrected chi connectivity index (χ2v) is 4.57. The molecule has 7 heteroatoms. The van der Waals surface area contributed by atoms with Gasteiger partial charge in [-0.05, 0) is 24.3 Å². The third-order valence-electron chi connectivity index (χ3n) is 2.82. The van der Waals surface area contributed by atoms with E-state index in [9.17, 15) is 0 Å². The van der Waals surface area contributed by atoms with Crippen LogP contribution in [0.4, 0.5) is 0 Å². The van der Waals surface area contributed by atoms with Gasteiger partial charge in [0.25, 0.3) is 0 Å². The monoisotopic (exact) mass is 281 g/mol. The Morgan fingerprint density at radius 2 is 1.65 bits per heavy atom. The van der Waals surface area contributed by atoms with Gasteiger partial charge in [0.15, 0.2) is 5.76 Å². The molecular weight excluding hydrogens is 274 g/mol. The van der Waals surface area contributed by atoms with Crippen molar-refractivity contribution in [3.63, 3.8) is 0 Å². The Bertz CT molecular complexity index is 857. The van der Waals surface area contributed by atoms with E-state index in [0.29, 0.717) is 28.4 Å². The van der Waals surface area contributed by atoms with Crippen molar-refractivity contribution in [3.05, 3.63) is 42.9 Å². The van der Waals surface area contributed by atoms with Crippen molar-refractivity contribution >= 4 is 23.0 Å². The number of pyridine rings is 1. The van der Waals surface area contributed by atoms with Gasteiger partial charge in [0, 0.05) is 18.0 Å². The molecule has 6 nitrogen and oxygen atoms in total. The number of nitrogens with zero attached hydrogens (tertiary/aromatic N) is 5. The van der Waals surface area contributed by atoms with E-state index < -0.39 is 0 Å². The second kappa shape index (κ2) is 4.46. The zero-order chi connectivity index (χ0) is 13.4. The molecule has 0 saturated carbocycles. The van der Waals surface area contributed by atoms with Crippen molar-refractivity contribution in [2.24, 2.45) is 0 Å². The third kappa shape index (κ3) is 1.76. The molecule has 0 spiro atoms. The molecule has 0 atom stereocenters. The van der Waals surface area contributed by atoms with E-state index in [1.54, 1.807) is 18.7 Å². The van der Waals surface area contributed by atoms with Gasteiger partial charge in [-0.3, -0.25) is 4.98 Å². The summed E-state index contributed by atoms with van der Waals surface area (Å²) in [7, 11) is 0. The van der Waals surface area contributed by atoms with Crippen LogP contribution in [-0.4, -0.2) is 23.7 Å². The van der Waals surface area contributed by atoms with Crippen LogP contribution in [0.5, 0.6) is 0 Å². The molecular formula is C13H7N5OS. The lowest BCUT2D eigenvalue weighted by Crippen LogP contribution is -1.94. The summed E-state index contributed by atoms with van der Waals surface area (Å²) in [6, 6.07) is 7.42. The van der Waals surface area contributed by atoms with E-state index in [-0.39, 0.29) is 0 Å². The number of furan rings is 1. The van der Waals surface area contributed by atoms with E-state index in [0.717, 1.165) is 17.3 Å². The van der Waals surface area contributed by atoms with Crippen LogP contribution in [0.1, 0.15) is 0 Å². The van der Waals surface area contributed by atoms with Gasteiger partial charge in [-0.15, -0.1) is 0 Å². The molecule has 0 radical (unpaired) electrons. The molecule has 0 fully saturated rings. The molecule has 0 aliphatic rings. The van der Waals surface area contributed by atoms with Crippen LogP contribution < -0.4 is 0 Å². The summed E-state index contributed by atoms with van der Waals surface area (Å²) >= 11 is 1.09. The molecule has 0 aliphatic carbocycles. The van der Waals surface area contributed by atoms with Crippen LogP contribution in [0.2, 0.25) is 0 Å². The first kappa shape index (κ1) is 11.2. The molecule has 0 unspecified atom stereocenters. The smallest absolute Gasteiger partial charge is 0.213 e.